The first-order valence-corrected chi connectivity index (χ1v) is 43.1. The SMILES string of the molecule is CCCCCN1c2cc(OC)ccc2C(CS(=O)(=O)[O-])CC1(C)C.COc1ccc2c(c1)C(CCCS(=O)(=O)[O-])C(C)(C)C=C2C.COc1ccc2c(c1)NC(C)(C)C=C2C.O=C=O.O=C=O.O=C=O.[CH2-]CCN1c2cc(O)ccc2C(CS(=O)(=O)[O-])CC1(C)C.[CH2-]CCN1c2cc(OC)ccc2C(CS(=O)(=O)[O-])CC1(C)C.[Na+].[Na+].[Na+].[Na+].[Na+]. The Hall–Kier alpha value is -3.44. The van der Waals surface area contributed by atoms with E-state index in [1.165, 1.54) is 33.9 Å². The Balaban J connectivity index is -0.00000136. The fraction of sp³-hybridized carbons (Fsp3) is 0.524. The molecule has 0 amide bonds. The van der Waals surface area contributed by atoms with Crippen LogP contribution in [0.1, 0.15) is 211 Å². The minimum absolute atomic E-state index is 0. The van der Waals surface area contributed by atoms with Crippen LogP contribution in [0.3, 0.4) is 0 Å². The van der Waals surface area contributed by atoms with Crippen LogP contribution in [0.5, 0.6) is 28.7 Å². The second-order valence-electron chi connectivity index (χ2n) is 31.2. The Morgan fingerprint density at radius 2 is 0.797 bits per heavy atom. The summed E-state index contributed by atoms with van der Waals surface area (Å²) in [5, 5.41) is 13.2. The van der Waals surface area contributed by atoms with E-state index in [4.69, 9.17) is 47.7 Å². The van der Waals surface area contributed by atoms with Gasteiger partial charge in [0, 0.05) is 117 Å². The number of carbonyl (C=O) groups excluding carboxylic acids is 6. The minimum Gasteiger partial charge on any atom is -0.748 e. The summed E-state index contributed by atoms with van der Waals surface area (Å²) in [5.74, 6) is 1.11. The van der Waals surface area contributed by atoms with Crippen molar-refractivity contribution < 1.29 is 252 Å². The van der Waals surface area contributed by atoms with Gasteiger partial charge < -0.3 is 76.1 Å². The molecule has 0 spiro atoms. The van der Waals surface area contributed by atoms with Gasteiger partial charge in [-0.05, 0) is 214 Å². The molecule has 4 aliphatic heterocycles. The van der Waals surface area contributed by atoms with Crippen LogP contribution in [0.25, 0.3) is 11.1 Å². The summed E-state index contributed by atoms with van der Waals surface area (Å²) in [6, 6.07) is 28.3. The van der Waals surface area contributed by atoms with Crippen molar-refractivity contribution in [3.05, 3.63) is 150 Å². The Labute approximate surface area is 811 Å². The smallest absolute Gasteiger partial charge is 0.748 e. The quantitative estimate of drug-likeness (QED) is 0.0341. The van der Waals surface area contributed by atoms with Crippen LogP contribution in [-0.2, 0) is 69.2 Å². The molecule has 0 aromatic heterocycles. The molecule has 628 valence electrons. The third kappa shape index (κ3) is 37.8. The molecule has 0 radical (unpaired) electrons. The van der Waals surface area contributed by atoms with Crippen LogP contribution in [0, 0.1) is 19.3 Å². The Morgan fingerprint density at radius 3 is 1.16 bits per heavy atom. The average molecular weight is 1770 g/mol. The first kappa shape index (κ1) is 119. The number of hydrogen-bond acceptors (Lipinski definition) is 27. The molecule has 4 unspecified atom stereocenters. The number of nitrogens with zero attached hydrogens (tertiary/aromatic N) is 3. The number of anilines is 4. The molecule has 118 heavy (non-hydrogen) atoms. The third-order valence-electron chi connectivity index (χ3n) is 20.2. The number of allylic oxidation sites excluding steroid dienone is 3. The van der Waals surface area contributed by atoms with Gasteiger partial charge in [-0.1, -0.05) is 70.0 Å². The fourth-order valence-corrected chi connectivity index (χ4v) is 18.7. The van der Waals surface area contributed by atoms with E-state index in [-0.39, 0.29) is 240 Å². The summed E-state index contributed by atoms with van der Waals surface area (Å²) in [6.07, 6.45) is 13.0. The molecule has 4 atom stereocenters. The van der Waals surface area contributed by atoms with E-state index in [1.807, 2.05) is 80.6 Å². The molecule has 2 N–H and O–H groups in total. The fourth-order valence-electron chi connectivity index (χ4n) is 15.9. The van der Waals surface area contributed by atoms with E-state index in [0.717, 1.165) is 95.5 Å². The molecule has 1 aliphatic carbocycles. The van der Waals surface area contributed by atoms with Crippen molar-refractivity contribution in [1.82, 2.24) is 0 Å². The minimum atomic E-state index is -4.30. The molecular weight excluding hydrogens is 1650 g/mol. The molecule has 0 saturated carbocycles. The first-order valence-electron chi connectivity index (χ1n) is 36.8. The molecule has 0 saturated heterocycles. The van der Waals surface area contributed by atoms with Crippen LogP contribution >= 0.6 is 0 Å². The average Bonchev–Trinajstić information content (AvgIpc) is 0.780. The van der Waals surface area contributed by atoms with Crippen molar-refractivity contribution >= 4 is 92.8 Å². The van der Waals surface area contributed by atoms with Crippen LogP contribution in [0.2, 0.25) is 0 Å². The first-order chi connectivity index (χ1) is 52.4. The van der Waals surface area contributed by atoms with Crippen LogP contribution in [0.4, 0.5) is 22.7 Å². The molecule has 27 nitrogen and oxygen atoms in total. The van der Waals surface area contributed by atoms with Gasteiger partial charge in [0.15, 0.2) is 0 Å². The van der Waals surface area contributed by atoms with Crippen molar-refractivity contribution in [2.75, 3.05) is 91.1 Å². The van der Waals surface area contributed by atoms with Gasteiger partial charge in [-0.15, -0.1) is 0 Å². The van der Waals surface area contributed by atoms with Gasteiger partial charge in [0.25, 0.3) is 0 Å². The summed E-state index contributed by atoms with van der Waals surface area (Å²) in [5.41, 5.74) is 11.8. The zero-order valence-corrected chi connectivity index (χ0v) is 86.2. The number of rotatable bonds is 22. The number of benzene rings is 5. The number of phenolic OH excluding ortho intramolecular Hbond substituents is 1. The molecule has 5 aromatic carbocycles. The predicted octanol–water partition coefficient (Wildman–Crippen LogP) is -1.61. The number of methoxy groups -OCH3 is 4. The van der Waals surface area contributed by atoms with Gasteiger partial charge in [-0.3, -0.25) is 0 Å². The second kappa shape index (κ2) is 53.1. The van der Waals surface area contributed by atoms with Gasteiger partial charge in [-0.2, -0.15) is 41.6 Å². The molecule has 0 fully saturated rings. The molecule has 36 heteroatoms. The van der Waals surface area contributed by atoms with E-state index < -0.39 is 46.2 Å². The molecule has 5 aromatic rings. The molecule has 10 rings (SSSR count). The largest absolute Gasteiger partial charge is 1.00 e. The topological polar surface area (TPSA) is 410 Å². The molecule has 0 bridgehead atoms. The van der Waals surface area contributed by atoms with Crippen molar-refractivity contribution in [2.24, 2.45) is 5.41 Å². The standard InChI is InChI=1S/C18H29NO4S.C17H24O4S.C16H24NO4S.C15H22NO4S.C13H17NO.3CO2.5Na/c1-5-6-7-10-19-17-11-15(23-4)8-9-16(17)14(12-18(19,2)3)13-24(20,21)22;1-12-11-17(2,3)16(6-5-9-22(18,19)20)15-10-13(21-4)7-8-14(12)15;1-5-8-17-15-9-13(21-4)6-7-14(15)12(10-16(17,2)3)11-22(18,19)20;1-4-7-16-14-8-12(17)5-6-13(14)11(9-15(16,2)3)10-21(18,19)20;1-9-8-13(2,3)14-12-7-10(15-4)5-6-11(9)12;3*2-1-3;;;;;/h8-9,11,14H,5-7,10,12-13H2,1-4H3,(H,20,21,22);7-8,10-11,16H,5-6,9H2,1-4H3,(H,18,19,20);6-7,9,12H,1,5,8,10-11H2,2-4H3,(H,18,19,20);5-6,8,11,17H,1,4,7,9-10H2,2-3H3,(H,18,19,20);5-8,14H,1-4H3;;;;;;;;/q;;2*-1;;;;;5*+1/p-4. The normalized spacial score (nSPS) is 17.8. The van der Waals surface area contributed by atoms with Gasteiger partial charge in [0.2, 0.25) is 0 Å². The summed E-state index contributed by atoms with van der Waals surface area (Å²) in [4.78, 5) is 55.4. The maximum atomic E-state index is 11.3. The monoisotopic (exact) mass is 1760 g/mol. The number of nitrogens with one attached hydrogen (secondary N) is 1. The molecular formula is C82H112N4Na5O23S4-. The number of phenols is 1. The van der Waals surface area contributed by atoms with Crippen molar-refractivity contribution in [1.29, 1.82) is 0 Å². The van der Waals surface area contributed by atoms with Gasteiger partial charge >= 0.3 is 166 Å². The number of hydrogen-bond donors (Lipinski definition) is 2. The van der Waals surface area contributed by atoms with Gasteiger partial charge in [0.05, 0.1) is 74.5 Å². The summed E-state index contributed by atoms with van der Waals surface area (Å²) >= 11 is 0. The van der Waals surface area contributed by atoms with Crippen LogP contribution in [-0.4, -0.2) is 169 Å². The molecule has 5 aliphatic rings. The Kier molecular flexibility index (Phi) is 53.4. The van der Waals surface area contributed by atoms with Crippen molar-refractivity contribution in [3.63, 3.8) is 0 Å². The number of ether oxygens (including phenoxy) is 4. The zero-order chi connectivity index (χ0) is 86.1. The van der Waals surface area contributed by atoms with E-state index in [1.54, 1.807) is 40.6 Å². The van der Waals surface area contributed by atoms with E-state index in [9.17, 15) is 57.0 Å². The summed E-state index contributed by atoms with van der Waals surface area (Å²) in [7, 11) is -10.4. The maximum absolute atomic E-state index is 11.3. The second-order valence-corrected chi connectivity index (χ2v) is 37.0. The Morgan fingerprint density at radius 1 is 0.458 bits per heavy atom. The van der Waals surface area contributed by atoms with Crippen molar-refractivity contribution in [2.45, 2.75) is 200 Å². The number of aromatic hydroxyl groups is 1. The van der Waals surface area contributed by atoms with Gasteiger partial charge in [0.1, 0.15) is 28.7 Å². The summed E-state index contributed by atoms with van der Waals surface area (Å²) < 4.78 is 155. The summed E-state index contributed by atoms with van der Waals surface area (Å²) in [6.45, 7) is 37.6. The predicted molar refractivity (Wildman–Crippen MR) is 430 cm³/mol. The Bertz CT molecular complexity index is 4630. The van der Waals surface area contributed by atoms with Crippen LogP contribution < -0.4 is 187 Å². The number of unbranched alkanes of at least 4 members (excludes halogenated alkanes) is 2. The van der Waals surface area contributed by atoms with Gasteiger partial charge in [-0.25, -0.2) is 33.7 Å². The van der Waals surface area contributed by atoms with E-state index in [0.29, 0.717) is 50.8 Å². The third-order valence-corrected chi connectivity index (χ3v) is 23.4. The maximum Gasteiger partial charge on any atom is 1.00 e. The zero-order valence-electron chi connectivity index (χ0n) is 73.0. The van der Waals surface area contributed by atoms with Crippen molar-refractivity contribution in [3.8, 4) is 28.7 Å². The molecule has 4 heterocycles. The van der Waals surface area contributed by atoms with Crippen LogP contribution in [0.15, 0.2) is 103 Å². The number of fused-ring (bicyclic) bond motifs is 5. The van der Waals surface area contributed by atoms with E-state index >= 15 is 0 Å². The van der Waals surface area contributed by atoms with E-state index in [2.05, 4.69) is 128 Å².